The van der Waals surface area contributed by atoms with Crippen molar-refractivity contribution >= 4 is 24.0 Å². The van der Waals surface area contributed by atoms with E-state index in [1.54, 1.807) is 37.3 Å². The van der Waals surface area contributed by atoms with E-state index in [0.717, 1.165) is 18.4 Å². The van der Waals surface area contributed by atoms with Crippen LogP contribution in [0.3, 0.4) is 0 Å². The van der Waals surface area contributed by atoms with Gasteiger partial charge in [-0.15, -0.1) is 0 Å². The van der Waals surface area contributed by atoms with Crippen LogP contribution in [0.15, 0.2) is 54.6 Å². The second-order valence-corrected chi connectivity index (χ2v) is 8.03. The molecular weight excluding hydrogens is 420 g/mol. The molecule has 1 aliphatic rings. The van der Waals surface area contributed by atoms with Crippen molar-refractivity contribution in [3.8, 4) is 5.75 Å². The Kier molecular flexibility index (Phi) is 8.63. The number of aryl methyl sites for hydroxylation is 1. The molecule has 1 heterocycles. The Hall–Kier alpha value is -3.61. The first kappa shape index (κ1) is 24.0. The fourth-order valence-electron chi connectivity index (χ4n) is 3.56. The number of hydrogen-bond acceptors (Lipinski definition) is 5. The van der Waals surface area contributed by atoms with E-state index in [0.29, 0.717) is 36.9 Å². The number of piperidine rings is 1. The lowest BCUT2D eigenvalue weighted by molar-refractivity contribution is -0.127. The minimum Gasteiger partial charge on any atom is -0.434 e. The van der Waals surface area contributed by atoms with Crippen molar-refractivity contribution in [3.63, 3.8) is 0 Å². The van der Waals surface area contributed by atoms with Gasteiger partial charge >= 0.3 is 6.16 Å². The van der Waals surface area contributed by atoms with E-state index in [9.17, 15) is 14.4 Å². The fourth-order valence-corrected chi connectivity index (χ4v) is 3.56. The second-order valence-electron chi connectivity index (χ2n) is 8.03. The Morgan fingerprint density at radius 3 is 2.33 bits per heavy atom. The third kappa shape index (κ3) is 7.49. The van der Waals surface area contributed by atoms with Gasteiger partial charge in [0.1, 0.15) is 5.75 Å². The molecule has 174 valence electrons. The van der Waals surface area contributed by atoms with E-state index < -0.39 is 6.16 Å². The van der Waals surface area contributed by atoms with E-state index in [1.165, 1.54) is 5.56 Å². The van der Waals surface area contributed by atoms with Crippen molar-refractivity contribution in [2.45, 2.75) is 26.7 Å². The van der Waals surface area contributed by atoms with Crippen LogP contribution in [0.25, 0.3) is 6.08 Å². The number of nitrogens with zero attached hydrogens (tertiary/aromatic N) is 1. The molecule has 1 aliphatic heterocycles. The molecule has 2 aromatic rings. The Morgan fingerprint density at radius 1 is 1.03 bits per heavy atom. The normalized spacial score (nSPS) is 14.2. The summed E-state index contributed by atoms with van der Waals surface area (Å²) in [5, 5.41) is 2.96. The third-order valence-electron chi connectivity index (χ3n) is 5.55. The largest absolute Gasteiger partial charge is 0.513 e. The number of carbonyl (C=O) groups is 3. The summed E-state index contributed by atoms with van der Waals surface area (Å²) in [5.74, 6) is 0.476. The van der Waals surface area contributed by atoms with Gasteiger partial charge in [-0.2, -0.15) is 0 Å². The number of benzene rings is 2. The molecule has 1 fully saturated rings. The molecule has 0 bridgehead atoms. The van der Waals surface area contributed by atoms with Gasteiger partial charge in [0.2, 0.25) is 5.91 Å². The summed E-state index contributed by atoms with van der Waals surface area (Å²) in [6, 6.07) is 14.4. The maximum atomic E-state index is 12.5. The molecule has 3 rings (SSSR count). The van der Waals surface area contributed by atoms with E-state index in [-0.39, 0.29) is 18.4 Å². The van der Waals surface area contributed by atoms with Crippen molar-refractivity contribution in [3.05, 3.63) is 71.3 Å². The van der Waals surface area contributed by atoms with Crippen LogP contribution in [0.2, 0.25) is 0 Å². The second kappa shape index (κ2) is 11.9. The zero-order valence-electron chi connectivity index (χ0n) is 19.1. The summed E-state index contributed by atoms with van der Waals surface area (Å²) >= 11 is 0. The van der Waals surface area contributed by atoms with Crippen molar-refractivity contribution in [1.82, 2.24) is 10.2 Å². The van der Waals surface area contributed by atoms with Gasteiger partial charge in [-0.3, -0.25) is 9.59 Å². The van der Waals surface area contributed by atoms with E-state index >= 15 is 0 Å². The van der Waals surface area contributed by atoms with E-state index in [2.05, 4.69) is 5.32 Å². The van der Waals surface area contributed by atoms with Gasteiger partial charge in [0.15, 0.2) is 0 Å². The highest BCUT2D eigenvalue weighted by molar-refractivity contribution is 5.94. The molecule has 0 unspecified atom stereocenters. The van der Waals surface area contributed by atoms with Gasteiger partial charge in [-0.05, 0) is 68.5 Å². The van der Waals surface area contributed by atoms with Crippen LogP contribution < -0.4 is 10.1 Å². The summed E-state index contributed by atoms with van der Waals surface area (Å²) in [7, 11) is 0. The molecule has 0 aliphatic carbocycles. The lowest BCUT2D eigenvalue weighted by Gasteiger charge is -2.31. The molecule has 33 heavy (non-hydrogen) atoms. The predicted molar refractivity (Wildman–Crippen MR) is 126 cm³/mol. The SMILES string of the molecule is CCOC(=O)Oc1ccc(C(=O)NCC2CCN(C(=O)/C=C/c3ccc(C)cc3)CC2)cc1. The zero-order chi connectivity index (χ0) is 23.6. The molecular formula is C26H30N2O5. The van der Waals surface area contributed by atoms with Crippen molar-refractivity contribution in [2.24, 2.45) is 5.92 Å². The highest BCUT2D eigenvalue weighted by Gasteiger charge is 2.22. The molecule has 0 atom stereocenters. The minimum absolute atomic E-state index is 0.0168. The molecule has 0 aromatic heterocycles. The van der Waals surface area contributed by atoms with Crippen LogP contribution >= 0.6 is 0 Å². The number of carbonyl (C=O) groups excluding carboxylic acids is 3. The first-order valence-corrected chi connectivity index (χ1v) is 11.2. The topological polar surface area (TPSA) is 84.9 Å². The Morgan fingerprint density at radius 2 is 1.70 bits per heavy atom. The first-order valence-electron chi connectivity index (χ1n) is 11.2. The first-order chi connectivity index (χ1) is 15.9. The fraction of sp³-hybridized carbons (Fsp3) is 0.346. The lowest BCUT2D eigenvalue weighted by Crippen LogP contribution is -2.40. The number of nitrogens with one attached hydrogen (secondary N) is 1. The van der Waals surface area contributed by atoms with Crippen LogP contribution in [0.1, 0.15) is 41.3 Å². The van der Waals surface area contributed by atoms with Gasteiger partial charge in [-0.1, -0.05) is 29.8 Å². The predicted octanol–water partition coefficient (Wildman–Crippen LogP) is 4.21. The summed E-state index contributed by atoms with van der Waals surface area (Å²) < 4.78 is 9.71. The van der Waals surface area contributed by atoms with Gasteiger partial charge < -0.3 is 19.7 Å². The van der Waals surface area contributed by atoms with Gasteiger partial charge in [0.05, 0.1) is 6.61 Å². The number of rotatable bonds is 7. The zero-order valence-corrected chi connectivity index (χ0v) is 19.1. The van der Waals surface area contributed by atoms with E-state index in [1.807, 2.05) is 42.2 Å². The molecule has 0 spiro atoms. The average molecular weight is 451 g/mol. The van der Waals surface area contributed by atoms with Crippen LogP contribution in [0, 0.1) is 12.8 Å². The third-order valence-corrected chi connectivity index (χ3v) is 5.55. The maximum absolute atomic E-state index is 12.5. The standard InChI is InChI=1S/C26H30N2O5/c1-3-32-26(31)33-23-11-9-22(10-12-23)25(30)27-18-21-14-16-28(17-15-21)24(29)13-8-20-6-4-19(2)5-7-20/h4-13,21H,3,14-18H2,1-2H3,(H,27,30)/b13-8+. The molecule has 0 radical (unpaired) electrons. The molecule has 2 aromatic carbocycles. The summed E-state index contributed by atoms with van der Waals surface area (Å²) in [5.41, 5.74) is 2.68. The summed E-state index contributed by atoms with van der Waals surface area (Å²) in [4.78, 5) is 38.1. The Labute approximate surface area is 194 Å². The van der Waals surface area contributed by atoms with Crippen LogP contribution in [-0.4, -0.2) is 49.1 Å². The summed E-state index contributed by atoms with van der Waals surface area (Å²) in [6.07, 6.45) is 4.39. The van der Waals surface area contributed by atoms with E-state index in [4.69, 9.17) is 9.47 Å². The minimum atomic E-state index is -0.773. The number of ether oxygens (including phenoxy) is 2. The Balaban J connectivity index is 1.40. The molecule has 2 amide bonds. The van der Waals surface area contributed by atoms with Crippen LogP contribution in [0.5, 0.6) is 5.75 Å². The van der Waals surface area contributed by atoms with Crippen molar-refractivity contribution in [2.75, 3.05) is 26.2 Å². The molecule has 7 nitrogen and oxygen atoms in total. The highest BCUT2D eigenvalue weighted by Crippen LogP contribution is 2.18. The molecule has 0 saturated carbocycles. The van der Waals surface area contributed by atoms with Crippen LogP contribution in [0.4, 0.5) is 4.79 Å². The Bertz CT molecular complexity index is 975. The molecule has 7 heteroatoms. The van der Waals surface area contributed by atoms with Gasteiger partial charge in [-0.25, -0.2) is 4.79 Å². The van der Waals surface area contributed by atoms with Crippen molar-refractivity contribution in [1.29, 1.82) is 0 Å². The van der Waals surface area contributed by atoms with Gasteiger partial charge in [0.25, 0.3) is 5.91 Å². The maximum Gasteiger partial charge on any atom is 0.513 e. The smallest absolute Gasteiger partial charge is 0.434 e. The number of likely N-dealkylation sites (tertiary alicyclic amines) is 1. The lowest BCUT2D eigenvalue weighted by atomic mass is 9.96. The molecule has 1 saturated heterocycles. The quantitative estimate of drug-likeness (QED) is 0.388. The van der Waals surface area contributed by atoms with Gasteiger partial charge in [0, 0.05) is 31.3 Å². The molecule has 1 N–H and O–H groups in total. The average Bonchev–Trinajstić information content (AvgIpc) is 2.83. The monoisotopic (exact) mass is 450 g/mol. The number of hydrogen-bond donors (Lipinski definition) is 1. The number of amides is 2. The van der Waals surface area contributed by atoms with Crippen molar-refractivity contribution < 1.29 is 23.9 Å². The van der Waals surface area contributed by atoms with Crippen LogP contribution in [-0.2, 0) is 9.53 Å². The highest BCUT2D eigenvalue weighted by atomic mass is 16.7. The summed E-state index contributed by atoms with van der Waals surface area (Å²) in [6.45, 7) is 5.87.